The SMILES string of the molecule is COCCOc1ccc(C(=O)NC(=S)Nc2ccc([N+](=O)[O-])cc2O)cc1. The maximum Gasteiger partial charge on any atom is 0.273 e. The van der Waals surface area contributed by atoms with E-state index < -0.39 is 10.8 Å². The van der Waals surface area contributed by atoms with Crippen LogP contribution in [0.25, 0.3) is 0 Å². The predicted molar refractivity (Wildman–Crippen MR) is 102 cm³/mol. The number of nitrogens with one attached hydrogen (secondary N) is 2. The molecule has 0 saturated heterocycles. The Labute approximate surface area is 160 Å². The normalized spacial score (nSPS) is 10.1. The lowest BCUT2D eigenvalue weighted by molar-refractivity contribution is -0.384. The van der Waals surface area contributed by atoms with Crippen LogP contribution in [-0.2, 0) is 4.74 Å². The third kappa shape index (κ3) is 5.90. The average Bonchev–Trinajstić information content (AvgIpc) is 2.64. The summed E-state index contributed by atoms with van der Waals surface area (Å²) in [7, 11) is 1.57. The molecule has 0 aliphatic heterocycles. The third-order valence-corrected chi connectivity index (χ3v) is 3.54. The Hall–Kier alpha value is -3.24. The molecule has 0 unspecified atom stereocenters. The van der Waals surface area contributed by atoms with Gasteiger partial charge in [0, 0.05) is 18.7 Å². The molecule has 10 heteroatoms. The largest absolute Gasteiger partial charge is 0.506 e. The number of nitrogens with zero attached hydrogens (tertiary/aromatic N) is 1. The highest BCUT2D eigenvalue weighted by molar-refractivity contribution is 7.80. The van der Waals surface area contributed by atoms with E-state index in [2.05, 4.69) is 10.6 Å². The van der Waals surface area contributed by atoms with Crippen molar-refractivity contribution in [3.63, 3.8) is 0 Å². The highest BCUT2D eigenvalue weighted by Gasteiger charge is 2.13. The van der Waals surface area contributed by atoms with E-state index in [4.69, 9.17) is 21.7 Å². The molecule has 2 aromatic carbocycles. The number of carbonyl (C=O) groups is 1. The molecule has 0 saturated carbocycles. The van der Waals surface area contributed by atoms with Crippen molar-refractivity contribution in [3.8, 4) is 11.5 Å². The zero-order chi connectivity index (χ0) is 19.8. The minimum Gasteiger partial charge on any atom is -0.506 e. The van der Waals surface area contributed by atoms with Gasteiger partial charge in [0.2, 0.25) is 0 Å². The second-order valence-electron chi connectivity index (χ2n) is 5.23. The number of rotatable bonds is 7. The van der Waals surface area contributed by atoms with Gasteiger partial charge in [0.1, 0.15) is 18.1 Å². The van der Waals surface area contributed by atoms with Crippen LogP contribution in [0.1, 0.15) is 10.4 Å². The second-order valence-corrected chi connectivity index (χ2v) is 5.64. The molecule has 0 atom stereocenters. The summed E-state index contributed by atoms with van der Waals surface area (Å²) in [5.41, 5.74) is 0.222. The molecule has 0 fully saturated rings. The van der Waals surface area contributed by atoms with Crippen molar-refractivity contribution in [2.24, 2.45) is 0 Å². The molecule has 142 valence electrons. The minimum atomic E-state index is -0.633. The highest BCUT2D eigenvalue weighted by atomic mass is 32.1. The lowest BCUT2D eigenvalue weighted by atomic mass is 10.2. The van der Waals surface area contributed by atoms with Gasteiger partial charge in [0.05, 0.1) is 23.3 Å². The Morgan fingerprint density at radius 2 is 1.93 bits per heavy atom. The second kappa shape index (κ2) is 9.46. The van der Waals surface area contributed by atoms with Gasteiger partial charge in [-0.05, 0) is 42.5 Å². The van der Waals surface area contributed by atoms with Gasteiger partial charge >= 0.3 is 0 Å². The van der Waals surface area contributed by atoms with Gasteiger partial charge < -0.3 is 19.9 Å². The van der Waals surface area contributed by atoms with Crippen molar-refractivity contribution in [1.82, 2.24) is 5.32 Å². The Kier molecular flexibility index (Phi) is 7.03. The first-order valence-electron chi connectivity index (χ1n) is 7.72. The Morgan fingerprint density at radius 1 is 1.22 bits per heavy atom. The first-order chi connectivity index (χ1) is 12.9. The van der Waals surface area contributed by atoms with E-state index in [9.17, 15) is 20.0 Å². The summed E-state index contributed by atoms with van der Waals surface area (Å²) < 4.78 is 10.3. The molecular formula is C17H17N3O6S. The summed E-state index contributed by atoms with van der Waals surface area (Å²) in [6, 6.07) is 9.90. The molecule has 0 aromatic heterocycles. The van der Waals surface area contributed by atoms with Crippen LogP contribution in [0.2, 0.25) is 0 Å². The molecule has 0 aliphatic rings. The van der Waals surface area contributed by atoms with Gasteiger partial charge in [0.25, 0.3) is 11.6 Å². The number of amides is 1. The summed E-state index contributed by atoms with van der Waals surface area (Å²) >= 11 is 5.03. The molecule has 1 amide bonds. The number of methoxy groups -OCH3 is 1. The van der Waals surface area contributed by atoms with Crippen LogP contribution in [0.4, 0.5) is 11.4 Å². The van der Waals surface area contributed by atoms with Crippen LogP contribution >= 0.6 is 12.2 Å². The number of ether oxygens (including phenoxy) is 2. The molecular weight excluding hydrogens is 374 g/mol. The number of carbonyl (C=O) groups excluding carboxylic acids is 1. The van der Waals surface area contributed by atoms with E-state index in [-0.39, 0.29) is 22.2 Å². The fourth-order valence-corrected chi connectivity index (χ4v) is 2.22. The molecule has 0 heterocycles. The van der Waals surface area contributed by atoms with Crippen molar-refractivity contribution in [2.45, 2.75) is 0 Å². The van der Waals surface area contributed by atoms with Gasteiger partial charge in [-0.15, -0.1) is 0 Å². The van der Waals surface area contributed by atoms with Crippen molar-refractivity contribution in [1.29, 1.82) is 0 Å². The van der Waals surface area contributed by atoms with E-state index in [0.29, 0.717) is 24.5 Å². The number of phenolic OH excluding ortho intramolecular Hbond substituents is 1. The number of phenols is 1. The number of non-ortho nitro benzene ring substituents is 1. The van der Waals surface area contributed by atoms with Crippen LogP contribution in [0, 0.1) is 10.1 Å². The van der Waals surface area contributed by atoms with Crippen molar-refractivity contribution < 1.29 is 24.3 Å². The molecule has 0 aliphatic carbocycles. The number of nitro groups is 1. The Balaban J connectivity index is 1.93. The first kappa shape index (κ1) is 20.1. The summed E-state index contributed by atoms with van der Waals surface area (Å²) in [6.07, 6.45) is 0. The van der Waals surface area contributed by atoms with Crippen LogP contribution in [0.15, 0.2) is 42.5 Å². The average molecular weight is 391 g/mol. The van der Waals surface area contributed by atoms with Gasteiger partial charge in [-0.2, -0.15) is 0 Å². The highest BCUT2D eigenvalue weighted by Crippen LogP contribution is 2.27. The van der Waals surface area contributed by atoms with E-state index in [0.717, 1.165) is 6.07 Å². The lowest BCUT2D eigenvalue weighted by Gasteiger charge is -2.11. The molecule has 0 spiro atoms. The zero-order valence-corrected chi connectivity index (χ0v) is 15.1. The predicted octanol–water partition coefficient (Wildman–Crippen LogP) is 2.45. The summed E-state index contributed by atoms with van der Waals surface area (Å²) in [4.78, 5) is 22.2. The molecule has 0 radical (unpaired) electrons. The smallest absolute Gasteiger partial charge is 0.273 e. The van der Waals surface area contributed by atoms with Gasteiger partial charge in [-0.1, -0.05) is 0 Å². The molecule has 2 aromatic rings. The van der Waals surface area contributed by atoms with Crippen LogP contribution in [0.5, 0.6) is 11.5 Å². The standard InChI is InChI=1S/C17H17N3O6S/c1-25-8-9-26-13-5-2-11(3-6-13)16(22)19-17(27)18-14-7-4-12(20(23)24)10-15(14)21/h2-7,10,21H,8-9H2,1H3,(H2,18,19,22,27). The summed E-state index contributed by atoms with van der Waals surface area (Å²) in [6.45, 7) is 0.854. The van der Waals surface area contributed by atoms with Gasteiger partial charge in [-0.25, -0.2) is 0 Å². The quantitative estimate of drug-likeness (QED) is 0.216. The molecule has 9 nitrogen and oxygen atoms in total. The topological polar surface area (TPSA) is 123 Å². The summed E-state index contributed by atoms with van der Waals surface area (Å²) in [5.74, 6) is -0.226. The number of nitro benzene ring substituents is 1. The molecule has 3 N–H and O–H groups in total. The Morgan fingerprint density at radius 3 is 2.52 bits per heavy atom. The fourth-order valence-electron chi connectivity index (χ4n) is 2.01. The van der Waals surface area contributed by atoms with E-state index >= 15 is 0 Å². The van der Waals surface area contributed by atoms with E-state index in [1.54, 1.807) is 31.4 Å². The van der Waals surface area contributed by atoms with Gasteiger partial charge in [0.15, 0.2) is 5.11 Å². The maximum atomic E-state index is 12.2. The fraction of sp³-hybridized carbons (Fsp3) is 0.176. The first-order valence-corrected chi connectivity index (χ1v) is 8.13. The maximum absolute atomic E-state index is 12.2. The van der Waals surface area contributed by atoms with Crippen molar-refractivity contribution in [3.05, 3.63) is 58.1 Å². The van der Waals surface area contributed by atoms with Crippen molar-refractivity contribution in [2.75, 3.05) is 25.6 Å². The van der Waals surface area contributed by atoms with E-state index in [1.165, 1.54) is 12.1 Å². The van der Waals surface area contributed by atoms with Crippen molar-refractivity contribution >= 4 is 34.6 Å². The number of hydrogen-bond acceptors (Lipinski definition) is 7. The monoisotopic (exact) mass is 391 g/mol. The Bertz CT molecular complexity index is 841. The van der Waals surface area contributed by atoms with E-state index in [1.807, 2.05) is 0 Å². The number of aromatic hydroxyl groups is 1. The van der Waals surface area contributed by atoms with Crippen LogP contribution in [0.3, 0.4) is 0 Å². The number of benzene rings is 2. The molecule has 2 rings (SSSR count). The van der Waals surface area contributed by atoms with Crippen LogP contribution in [-0.4, -0.2) is 41.4 Å². The molecule has 27 heavy (non-hydrogen) atoms. The number of thiocarbonyl (C=S) groups is 1. The number of hydrogen-bond donors (Lipinski definition) is 3. The third-order valence-electron chi connectivity index (χ3n) is 3.34. The number of anilines is 1. The minimum absolute atomic E-state index is 0.0652. The van der Waals surface area contributed by atoms with Gasteiger partial charge in [-0.3, -0.25) is 20.2 Å². The molecule has 0 bridgehead atoms. The lowest BCUT2D eigenvalue weighted by Crippen LogP contribution is -2.34. The zero-order valence-electron chi connectivity index (χ0n) is 14.3. The summed E-state index contributed by atoms with van der Waals surface area (Å²) in [5, 5.41) is 25.5. The van der Waals surface area contributed by atoms with Crippen LogP contribution < -0.4 is 15.4 Å².